The van der Waals surface area contributed by atoms with Crippen LogP contribution in [0.2, 0.25) is 10.0 Å². The summed E-state index contributed by atoms with van der Waals surface area (Å²) < 4.78 is 6.27. The lowest BCUT2D eigenvalue weighted by Crippen LogP contribution is -2.11. The zero-order valence-corrected chi connectivity index (χ0v) is 11.4. The SMILES string of the molecule is CNCCCOc1cc(Cl)c(Br)cc1Cl. The van der Waals surface area contributed by atoms with E-state index in [9.17, 15) is 0 Å². The summed E-state index contributed by atoms with van der Waals surface area (Å²) in [6.45, 7) is 1.54. The highest BCUT2D eigenvalue weighted by atomic mass is 79.9. The Balaban J connectivity index is 2.57. The van der Waals surface area contributed by atoms with Crippen LogP contribution in [0.1, 0.15) is 6.42 Å². The van der Waals surface area contributed by atoms with Crippen LogP contribution in [0.3, 0.4) is 0 Å². The Morgan fingerprint density at radius 3 is 2.73 bits per heavy atom. The number of ether oxygens (including phenoxy) is 1. The van der Waals surface area contributed by atoms with Crippen molar-refractivity contribution in [2.45, 2.75) is 6.42 Å². The van der Waals surface area contributed by atoms with Gasteiger partial charge in [-0.3, -0.25) is 0 Å². The average molecular weight is 313 g/mol. The lowest BCUT2D eigenvalue weighted by molar-refractivity contribution is 0.310. The van der Waals surface area contributed by atoms with Crippen LogP contribution >= 0.6 is 39.1 Å². The molecule has 1 aromatic carbocycles. The van der Waals surface area contributed by atoms with Crippen molar-refractivity contribution in [2.75, 3.05) is 20.2 Å². The van der Waals surface area contributed by atoms with Gasteiger partial charge in [0.05, 0.1) is 16.7 Å². The highest BCUT2D eigenvalue weighted by Crippen LogP contribution is 2.33. The molecule has 0 radical (unpaired) electrons. The predicted octanol–water partition coefficient (Wildman–Crippen LogP) is 3.74. The number of hydrogen-bond acceptors (Lipinski definition) is 2. The Morgan fingerprint density at radius 2 is 2.07 bits per heavy atom. The fourth-order valence-corrected chi connectivity index (χ4v) is 1.89. The number of rotatable bonds is 5. The normalized spacial score (nSPS) is 10.4. The second-order valence-corrected chi connectivity index (χ2v) is 4.67. The summed E-state index contributed by atoms with van der Waals surface area (Å²) in [7, 11) is 1.91. The molecule has 0 bridgehead atoms. The van der Waals surface area contributed by atoms with E-state index in [4.69, 9.17) is 27.9 Å². The molecule has 0 aromatic heterocycles. The van der Waals surface area contributed by atoms with E-state index in [1.165, 1.54) is 0 Å². The molecule has 5 heteroatoms. The third kappa shape index (κ3) is 4.19. The summed E-state index contributed by atoms with van der Waals surface area (Å²) in [6.07, 6.45) is 0.931. The van der Waals surface area contributed by atoms with Crippen LogP contribution < -0.4 is 10.1 Å². The van der Waals surface area contributed by atoms with Crippen LogP contribution in [-0.4, -0.2) is 20.2 Å². The zero-order valence-electron chi connectivity index (χ0n) is 8.32. The summed E-state index contributed by atoms with van der Waals surface area (Å²) in [5.74, 6) is 0.626. The topological polar surface area (TPSA) is 21.3 Å². The standard InChI is InChI=1S/C10H12BrCl2NO/c1-14-3-2-4-15-10-6-8(12)7(11)5-9(10)13/h5-6,14H,2-4H2,1H3. The molecule has 0 amide bonds. The van der Waals surface area contributed by atoms with Gasteiger partial charge in [0.25, 0.3) is 0 Å². The van der Waals surface area contributed by atoms with Gasteiger partial charge >= 0.3 is 0 Å². The fraction of sp³-hybridized carbons (Fsp3) is 0.400. The molecule has 0 fully saturated rings. The smallest absolute Gasteiger partial charge is 0.139 e. The second-order valence-electron chi connectivity index (χ2n) is 3.00. The molecule has 0 saturated heterocycles. The van der Waals surface area contributed by atoms with Crippen LogP contribution in [0.5, 0.6) is 5.75 Å². The molecule has 0 atom stereocenters. The third-order valence-corrected chi connectivity index (χ3v) is 3.30. The maximum Gasteiger partial charge on any atom is 0.139 e. The van der Waals surface area contributed by atoms with E-state index in [1.807, 2.05) is 7.05 Å². The highest BCUT2D eigenvalue weighted by molar-refractivity contribution is 9.10. The lowest BCUT2D eigenvalue weighted by Gasteiger charge is -2.09. The number of nitrogens with one attached hydrogen (secondary N) is 1. The van der Waals surface area contributed by atoms with Crippen LogP contribution in [0, 0.1) is 0 Å². The van der Waals surface area contributed by atoms with Gasteiger partial charge in [-0.1, -0.05) is 23.2 Å². The fourth-order valence-electron chi connectivity index (χ4n) is 1.05. The molecular weight excluding hydrogens is 301 g/mol. The minimum atomic E-state index is 0.565. The van der Waals surface area contributed by atoms with Crippen LogP contribution in [-0.2, 0) is 0 Å². The third-order valence-electron chi connectivity index (χ3n) is 1.80. The first kappa shape index (κ1) is 13.1. The van der Waals surface area contributed by atoms with Crippen molar-refractivity contribution in [1.29, 1.82) is 0 Å². The van der Waals surface area contributed by atoms with Gasteiger partial charge in [-0.25, -0.2) is 0 Å². The van der Waals surface area contributed by atoms with Gasteiger partial charge in [0.15, 0.2) is 0 Å². The van der Waals surface area contributed by atoms with Crippen molar-refractivity contribution in [3.8, 4) is 5.75 Å². The number of halogens is 3. The van der Waals surface area contributed by atoms with Crippen molar-refractivity contribution in [3.63, 3.8) is 0 Å². The summed E-state index contributed by atoms with van der Waals surface area (Å²) in [4.78, 5) is 0. The summed E-state index contributed by atoms with van der Waals surface area (Å²) >= 11 is 15.2. The summed E-state index contributed by atoms with van der Waals surface area (Å²) in [5, 5.41) is 4.21. The van der Waals surface area contributed by atoms with Crippen molar-refractivity contribution < 1.29 is 4.74 Å². The Morgan fingerprint density at radius 1 is 1.33 bits per heavy atom. The van der Waals surface area contributed by atoms with E-state index in [2.05, 4.69) is 21.2 Å². The first-order chi connectivity index (χ1) is 7.15. The average Bonchev–Trinajstić information content (AvgIpc) is 2.20. The van der Waals surface area contributed by atoms with Gasteiger partial charge in [0.1, 0.15) is 5.75 Å². The number of benzene rings is 1. The van der Waals surface area contributed by atoms with Gasteiger partial charge in [-0.2, -0.15) is 0 Å². The molecule has 1 rings (SSSR count). The predicted molar refractivity (Wildman–Crippen MR) is 68.2 cm³/mol. The van der Waals surface area contributed by atoms with Crippen LogP contribution in [0.25, 0.3) is 0 Å². The molecule has 0 saturated carbocycles. The van der Waals surface area contributed by atoms with Crippen molar-refractivity contribution in [1.82, 2.24) is 5.32 Å². The van der Waals surface area contributed by atoms with E-state index in [0.717, 1.165) is 17.4 Å². The van der Waals surface area contributed by atoms with E-state index in [0.29, 0.717) is 22.4 Å². The summed E-state index contributed by atoms with van der Waals surface area (Å²) in [5.41, 5.74) is 0. The molecule has 0 heterocycles. The van der Waals surface area contributed by atoms with E-state index >= 15 is 0 Å². The minimum Gasteiger partial charge on any atom is -0.492 e. The second kappa shape index (κ2) is 6.59. The number of hydrogen-bond donors (Lipinski definition) is 1. The maximum atomic E-state index is 5.99. The Kier molecular flexibility index (Phi) is 5.75. The molecule has 2 nitrogen and oxygen atoms in total. The molecule has 1 aromatic rings. The Hall–Kier alpha value is 0.0400. The molecule has 0 unspecified atom stereocenters. The van der Waals surface area contributed by atoms with E-state index < -0.39 is 0 Å². The Labute approximate surface area is 108 Å². The maximum absolute atomic E-state index is 5.99. The van der Waals surface area contributed by atoms with Crippen LogP contribution in [0.4, 0.5) is 0 Å². The highest BCUT2D eigenvalue weighted by Gasteiger charge is 2.06. The Bertz CT molecular complexity index is 333. The summed E-state index contributed by atoms with van der Waals surface area (Å²) in [6, 6.07) is 3.45. The first-order valence-electron chi connectivity index (χ1n) is 4.57. The van der Waals surface area contributed by atoms with E-state index in [-0.39, 0.29) is 0 Å². The first-order valence-corrected chi connectivity index (χ1v) is 6.12. The molecular formula is C10H12BrCl2NO. The van der Waals surface area contributed by atoms with Gasteiger partial charge < -0.3 is 10.1 Å². The quantitative estimate of drug-likeness (QED) is 0.660. The molecule has 15 heavy (non-hydrogen) atoms. The largest absolute Gasteiger partial charge is 0.492 e. The molecule has 0 aliphatic heterocycles. The minimum absolute atomic E-state index is 0.565. The van der Waals surface area contributed by atoms with Gasteiger partial charge in [-0.05, 0) is 42.0 Å². The zero-order chi connectivity index (χ0) is 11.3. The van der Waals surface area contributed by atoms with Crippen molar-refractivity contribution in [2.24, 2.45) is 0 Å². The monoisotopic (exact) mass is 311 g/mol. The molecule has 84 valence electrons. The molecule has 0 spiro atoms. The van der Waals surface area contributed by atoms with Crippen molar-refractivity contribution in [3.05, 3.63) is 26.7 Å². The molecule has 1 N–H and O–H groups in total. The molecule has 0 aliphatic carbocycles. The van der Waals surface area contributed by atoms with Gasteiger partial charge in [-0.15, -0.1) is 0 Å². The van der Waals surface area contributed by atoms with Gasteiger partial charge in [0, 0.05) is 10.5 Å². The van der Waals surface area contributed by atoms with Crippen LogP contribution in [0.15, 0.2) is 16.6 Å². The molecule has 0 aliphatic rings. The van der Waals surface area contributed by atoms with Crippen molar-refractivity contribution >= 4 is 39.1 Å². The van der Waals surface area contributed by atoms with Gasteiger partial charge in [0.2, 0.25) is 0 Å². The lowest BCUT2D eigenvalue weighted by atomic mass is 10.3. The van der Waals surface area contributed by atoms with E-state index in [1.54, 1.807) is 12.1 Å².